The molecule has 1 aromatic rings. The first-order chi connectivity index (χ1) is 10.7. The number of nitrogen functional groups attached to an aromatic ring is 1. The van der Waals surface area contributed by atoms with E-state index in [2.05, 4.69) is 34.4 Å². The first kappa shape index (κ1) is 17.4. The number of Topliss-reactive ketones (excluding diaryl/α,β-unsaturated/α-hetero) is 1. The van der Waals surface area contributed by atoms with Crippen molar-refractivity contribution >= 4 is 50.6 Å². The Morgan fingerprint density at radius 2 is 2.09 bits per heavy atom. The molecule has 1 aromatic carbocycles. The van der Waals surface area contributed by atoms with E-state index in [0.29, 0.717) is 23.0 Å². The van der Waals surface area contributed by atoms with Gasteiger partial charge in [-0.25, -0.2) is 4.39 Å². The fourth-order valence-corrected chi connectivity index (χ4v) is 3.20. The van der Waals surface area contributed by atoms with Gasteiger partial charge < -0.3 is 11.1 Å². The quantitative estimate of drug-likeness (QED) is 0.344. The monoisotopic (exact) mass is 398 g/mol. The number of carbonyl (C=O) groups is 2. The number of allylic oxidation sites excluding steroid dienone is 4. The maximum Gasteiger partial charge on any atom is 0.224 e. The highest BCUT2D eigenvalue weighted by atomic mass is 79.9. The van der Waals surface area contributed by atoms with Crippen LogP contribution in [0.4, 0.5) is 15.8 Å². The number of rotatable bonds is 4. The number of nitrogens with two attached hydrogens (primary N) is 1. The van der Waals surface area contributed by atoms with Crippen LogP contribution in [-0.2, 0) is 11.2 Å². The summed E-state index contributed by atoms with van der Waals surface area (Å²) in [7, 11) is 0. The van der Waals surface area contributed by atoms with Gasteiger partial charge in [0, 0.05) is 22.7 Å². The van der Waals surface area contributed by atoms with Crippen molar-refractivity contribution in [3.8, 4) is 0 Å². The summed E-state index contributed by atoms with van der Waals surface area (Å²) in [4.78, 5) is 24.3. The third-order valence-electron chi connectivity index (χ3n) is 3.33. The minimum atomic E-state index is -0.837. The Balaban J connectivity index is 2.61. The second kappa shape index (κ2) is 6.68. The van der Waals surface area contributed by atoms with Crippen molar-refractivity contribution in [2.75, 3.05) is 11.1 Å². The molecular formula is C16H13BrClFN2O2. The average molecular weight is 400 g/mol. The third-order valence-corrected chi connectivity index (χ3v) is 4.33. The van der Waals surface area contributed by atoms with Gasteiger partial charge in [-0.05, 0) is 40.1 Å². The third kappa shape index (κ3) is 3.54. The van der Waals surface area contributed by atoms with E-state index in [9.17, 15) is 14.0 Å². The van der Waals surface area contributed by atoms with Crippen LogP contribution < -0.4 is 11.1 Å². The predicted octanol–water partition coefficient (Wildman–Crippen LogP) is 4.26. The largest absolute Gasteiger partial charge is 0.398 e. The van der Waals surface area contributed by atoms with Gasteiger partial charge in [0.1, 0.15) is 5.83 Å². The van der Waals surface area contributed by atoms with E-state index in [1.54, 1.807) is 6.07 Å². The number of anilines is 2. The van der Waals surface area contributed by atoms with E-state index in [0.717, 1.165) is 11.6 Å². The molecule has 0 radical (unpaired) electrons. The van der Waals surface area contributed by atoms with Gasteiger partial charge in [-0.1, -0.05) is 24.8 Å². The molecule has 0 aliphatic carbocycles. The number of hydrogen-bond acceptors (Lipinski definition) is 3. The zero-order valence-electron chi connectivity index (χ0n) is 12.0. The summed E-state index contributed by atoms with van der Waals surface area (Å²) in [6, 6.07) is 1.62. The predicted molar refractivity (Wildman–Crippen MR) is 93.2 cm³/mol. The van der Waals surface area contributed by atoms with Crippen LogP contribution in [0.1, 0.15) is 22.3 Å². The van der Waals surface area contributed by atoms with Gasteiger partial charge in [-0.3, -0.25) is 9.59 Å². The van der Waals surface area contributed by atoms with Gasteiger partial charge in [0.25, 0.3) is 0 Å². The van der Waals surface area contributed by atoms with Gasteiger partial charge >= 0.3 is 0 Å². The summed E-state index contributed by atoms with van der Waals surface area (Å²) in [5.41, 5.74) is 7.39. The zero-order chi connectivity index (χ0) is 17.3. The molecule has 1 amide bonds. The van der Waals surface area contributed by atoms with Gasteiger partial charge in [0.05, 0.1) is 15.7 Å². The van der Waals surface area contributed by atoms with E-state index < -0.39 is 11.6 Å². The summed E-state index contributed by atoms with van der Waals surface area (Å²) >= 11 is 9.08. The van der Waals surface area contributed by atoms with Crippen LogP contribution in [0.5, 0.6) is 0 Å². The van der Waals surface area contributed by atoms with Crippen LogP contribution in [0.25, 0.3) is 0 Å². The molecule has 0 saturated heterocycles. The molecule has 7 heteroatoms. The normalized spacial score (nSPS) is 14.0. The molecule has 120 valence electrons. The van der Waals surface area contributed by atoms with Gasteiger partial charge in [0.2, 0.25) is 5.91 Å². The molecule has 1 aliphatic rings. The lowest BCUT2D eigenvalue weighted by atomic mass is 9.95. The van der Waals surface area contributed by atoms with Crippen molar-refractivity contribution < 1.29 is 14.0 Å². The topological polar surface area (TPSA) is 72.2 Å². The molecule has 0 saturated carbocycles. The maximum atomic E-state index is 13.1. The first-order valence-electron chi connectivity index (χ1n) is 6.58. The second-order valence-electron chi connectivity index (χ2n) is 4.98. The molecule has 0 atom stereocenters. The Hall–Kier alpha value is -1.92. The van der Waals surface area contributed by atoms with Crippen LogP contribution in [0.15, 0.2) is 46.2 Å². The Morgan fingerprint density at radius 1 is 1.43 bits per heavy atom. The van der Waals surface area contributed by atoms with Crippen molar-refractivity contribution in [2.45, 2.75) is 12.8 Å². The van der Waals surface area contributed by atoms with E-state index in [1.165, 1.54) is 0 Å². The van der Waals surface area contributed by atoms with Crippen LogP contribution in [0.2, 0.25) is 0 Å². The highest BCUT2D eigenvalue weighted by Gasteiger charge is 2.26. The highest BCUT2D eigenvalue weighted by Crippen LogP contribution is 2.39. The number of ketones is 1. The molecule has 0 fully saturated rings. The zero-order valence-corrected chi connectivity index (χ0v) is 14.4. The number of nitrogens with one attached hydrogen (secondary N) is 1. The van der Waals surface area contributed by atoms with Crippen LogP contribution in [0, 0.1) is 0 Å². The summed E-state index contributed by atoms with van der Waals surface area (Å²) < 4.78 is 13.4. The lowest BCUT2D eigenvalue weighted by molar-refractivity contribution is -0.116. The summed E-state index contributed by atoms with van der Waals surface area (Å²) in [5.74, 6) is -1.61. The van der Waals surface area contributed by atoms with E-state index in [-0.39, 0.29) is 27.8 Å². The fourth-order valence-electron chi connectivity index (χ4n) is 2.30. The molecule has 0 bridgehead atoms. The van der Waals surface area contributed by atoms with Crippen molar-refractivity contribution in [3.05, 3.63) is 57.3 Å². The molecule has 2 rings (SSSR count). The SMILES string of the molecule is C=C(F)/C=C(\C(=C)Cl)C(=O)c1c(N)cc2c(c1Br)NC(=O)CC2. The molecule has 3 N–H and O–H groups in total. The minimum Gasteiger partial charge on any atom is -0.398 e. The summed E-state index contributed by atoms with van der Waals surface area (Å²) in [5, 5.41) is 2.56. The number of halogens is 3. The Labute approximate surface area is 146 Å². The van der Waals surface area contributed by atoms with E-state index in [4.69, 9.17) is 17.3 Å². The molecular weight excluding hydrogens is 387 g/mol. The van der Waals surface area contributed by atoms with Crippen LogP contribution >= 0.6 is 27.5 Å². The molecule has 1 aliphatic heterocycles. The highest BCUT2D eigenvalue weighted by molar-refractivity contribution is 9.10. The smallest absolute Gasteiger partial charge is 0.224 e. The van der Waals surface area contributed by atoms with E-state index >= 15 is 0 Å². The maximum absolute atomic E-state index is 13.1. The number of amides is 1. The second-order valence-corrected chi connectivity index (χ2v) is 6.23. The molecule has 0 aromatic heterocycles. The molecule has 0 spiro atoms. The van der Waals surface area contributed by atoms with Crippen molar-refractivity contribution in [1.29, 1.82) is 0 Å². The lowest BCUT2D eigenvalue weighted by Gasteiger charge is -2.21. The van der Waals surface area contributed by atoms with Gasteiger partial charge in [-0.15, -0.1) is 0 Å². The number of carbonyl (C=O) groups excluding carboxylic acids is 2. The summed E-state index contributed by atoms with van der Waals surface area (Å²) in [6.07, 6.45) is 1.75. The molecule has 1 heterocycles. The van der Waals surface area contributed by atoms with Gasteiger partial charge in [-0.2, -0.15) is 0 Å². The first-order valence-corrected chi connectivity index (χ1v) is 7.75. The number of aryl methyl sites for hydroxylation is 1. The molecule has 23 heavy (non-hydrogen) atoms. The standard InChI is InChI=1S/C16H13BrClFN2O2/c1-7(19)5-10(8(2)18)16(23)13-11(20)6-9-3-4-12(22)21-15(9)14(13)17/h5-6H,1-4,20H2,(H,21,22)/b10-5+. The number of fused-ring (bicyclic) bond motifs is 1. The van der Waals surface area contributed by atoms with Crippen LogP contribution in [-0.4, -0.2) is 11.7 Å². The average Bonchev–Trinajstić information content (AvgIpc) is 2.45. The van der Waals surface area contributed by atoms with Crippen molar-refractivity contribution in [2.24, 2.45) is 0 Å². The fraction of sp³-hybridized carbons (Fsp3) is 0.125. The molecule has 0 unspecified atom stereocenters. The van der Waals surface area contributed by atoms with Crippen molar-refractivity contribution in [1.82, 2.24) is 0 Å². The number of benzene rings is 1. The molecule has 4 nitrogen and oxygen atoms in total. The van der Waals surface area contributed by atoms with Crippen LogP contribution in [0.3, 0.4) is 0 Å². The number of hydrogen-bond donors (Lipinski definition) is 2. The van der Waals surface area contributed by atoms with Crippen molar-refractivity contribution in [3.63, 3.8) is 0 Å². The Bertz CT molecular complexity index is 787. The van der Waals surface area contributed by atoms with Gasteiger partial charge in [0.15, 0.2) is 5.78 Å². The Kier molecular flexibility index (Phi) is 5.06. The lowest BCUT2D eigenvalue weighted by Crippen LogP contribution is -2.21. The minimum absolute atomic E-state index is 0.0836. The Morgan fingerprint density at radius 3 is 2.65 bits per heavy atom. The summed E-state index contributed by atoms with van der Waals surface area (Å²) in [6.45, 7) is 6.54. The van der Waals surface area contributed by atoms with E-state index in [1.807, 2.05) is 0 Å².